The van der Waals surface area contributed by atoms with E-state index in [0.29, 0.717) is 6.54 Å². The Balaban J connectivity index is 1.40. The Morgan fingerprint density at radius 2 is 1.68 bits per heavy atom. The normalized spacial score (nSPS) is 24.9. The summed E-state index contributed by atoms with van der Waals surface area (Å²) in [6, 6.07) is 8.81. The highest BCUT2D eigenvalue weighted by atomic mass is 19.3. The van der Waals surface area contributed by atoms with Crippen molar-refractivity contribution in [1.29, 1.82) is 0 Å². The molecule has 4 nitrogen and oxygen atoms in total. The Kier molecular flexibility index (Phi) is 5.45. The van der Waals surface area contributed by atoms with Gasteiger partial charge in [-0.25, -0.2) is 8.78 Å². The van der Waals surface area contributed by atoms with E-state index < -0.39 is 5.92 Å². The quantitative estimate of drug-likeness (QED) is 0.792. The first kappa shape index (κ1) is 19.8. The molecular weight excluding hydrogens is 360 g/mol. The summed E-state index contributed by atoms with van der Waals surface area (Å²) in [4.78, 5) is 19.0. The van der Waals surface area contributed by atoms with Gasteiger partial charge in [0.2, 0.25) is 5.91 Å². The molecule has 0 atom stereocenters. The van der Waals surface area contributed by atoms with Gasteiger partial charge in [-0.3, -0.25) is 14.6 Å². The molecule has 0 unspecified atom stereocenters. The Morgan fingerprint density at radius 3 is 2.36 bits per heavy atom. The van der Waals surface area contributed by atoms with Gasteiger partial charge in [-0.15, -0.1) is 0 Å². The van der Waals surface area contributed by atoms with Crippen LogP contribution in [0.2, 0.25) is 0 Å². The number of alkyl halides is 2. The summed E-state index contributed by atoms with van der Waals surface area (Å²) in [6.07, 6.45) is 2.73. The lowest BCUT2D eigenvalue weighted by atomic mass is 9.74. The second-order valence-electron chi connectivity index (χ2n) is 8.53. The van der Waals surface area contributed by atoms with Gasteiger partial charge in [0, 0.05) is 51.1 Å². The molecule has 0 aliphatic carbocycles. The van der Waals surface area contributed by atoms with Crippen LogP contribution in [-0.2, 0) is 16.8 Å². The SMILES string of the molecule is CCN1CCc2ccccc2C12CCN(CC(=O)N1CCC(F)(F)CC1)CC2. The molecule has 1 spiro atoms. The molecule has 0 saturated carbocycles. The average Bonchev–Trinajstić information content (AvgIpc) is 2.70. The van der Waals surface area contributed by atoms with E-state index in [2.05, 4.69) is 41.0 Å². The third kappa shape index (κ3) is 3.69. The molecule has 0 bridgehead atoms. The van der Waals surface area contributed by atoms with Crippen molar-refractivity contribution < 1.29 is 13.6 Å². The topological polar surface area (TPSA) is 26.8 Å². The van der Waals surface area contributed by atoms with E-state index in [4.69, 9.17) is 0 Å². The first-order valence-corrected chi connectivity index (χ1v) is 10.6. The number of benzene rings is 1. The van der Waals surface area contributed by atoms with E-state index in [1.165, 1.54) is 11.1 Å². The van der Waals surface area contributed by atoms with Crippen molar-refractivity contribution in [2.45, 2.75) is 50.5 Å². The van der Waals surface area contributed by atoms with Crippen molar-refractivity contribution in [3.05, 3.63) is 35.4 Å². The minimum atomic E-state index is -2.60. The van der Waals surface area contributed by atoms with Gasteiger partial charge in [0.1, 0.15) is 0 Å². The van der Waals surface area contributed by atoms with Crippen molar-refractivity contribution in [1.82, 2.24) is 14.7 Å². The number of carbonyl (C=O) groups is 1. The number of likely N-dealkylation sites (tertiary alicyclic amines) is 2. The Labute approximate surface area is 166 Å². The number of halogens is 2. The Bertz CT molecular complexity index is 705. The summed E-state index contributed by atoms with van der Waals surface area (Å²) in [5, 5.41) is 0. The number of amides is 1. The third-order valence-corrected chi connectivity index (χ3v) is 7.05. The smallest absolute Gasteiger partial charge is 0.251 e. The summed E-state index contributed by atoms with van der Waals surface area (Å²) in [7, 11) is 0. The number of nitrogens with zero attached hydrogens (tertiary/aromatic N) is 3. The maximum Gasteiger partial charge on any atom is 0.251 e. The minimum absolute atomic E-state index is 0.00263. The van der Waals surface area contributed by atoms with Crippen LogP contribution in [0.1, 0.15) is 43.7 Å². The van der Waals surface area contributed by atoms with Crippen molar-refractivity contribution in [2.24, 2.45) is 0 Å². The number of likely N-dealkylation sites (N-methyl/N-ethyl adjacent to an activating group) is 1. The molecule has 0 aromatic heterocycles. The van der Waals surface area contributed by atoms with E-state index in [1.54, 1.807) is 4.90 Å². The highest BCUT2D eigenvalue weighted by Crippen LogP contribution is 2.43. The monoisotopic (exact) mass is 391 g/mol. The molecule has 3 aliphatic rings. The van der Waals surface area contributed by atoms with Gasteiger partial charge >= 0.3 is 0 Å². The predicted molar refractivity (Wildman–Crippen MR) is 106 cm³/mol. The standard InChI is InChI=1S/C22H31F2N3O/c1-2-27-12-7-18-5-3-4-6-19(18)21(27)8-13-25(14-9-21)17-20(28)26-15-10-22(23,24)11-16-26/h3-6H,2,7-17H2,1H3. The lowest BCUT2D eigenvalue weighted by Crippen LogP contribution is -2.57. The fourth-order valence-corrected chi connectivity index (χ4v) is 5.33. The molecule has 6 heteroatoms. The van der Waals surface area contributed by atoms with Crippen LogP contribution in [0, 0.1) is 0 Å². The zero-order chi connectivity index (χ0) is 19.8. The molecule has 2 saturated heterocycles. The maximum atomic E-state index is 13.3. The Morgan fingerprint density at radius 1 is 1.00 bits per heavy atom. The maximum absolute atomic E-state index is 13.3. The van der Waals surface area contributed by atoms with Crippen molar-refractivity contribution in [3.8, 4) is 0 Å². The van der Waals surface area contributed by atoms with Gasteiger partial charge in [-0.2, -0.15) is 0 Å². The minimum Gasteiger partial charge on any atom is -0.341 e. The highest BCUT2D eigenvalue weighted by Gasteiger charge is 2.44. The molecule has 2 fully saturated rings. The molecule has 3 aliphatic heterocycles. The van der Waals surface area contributed by atoms with E-state index in [0.717, 1.165) is 45.4 Å². The summed E-state index contributed by atoms with van der Waals surface area (Å²) < 4.78 is 26.7. The first-order valence-electron chi connectivity index (χ1n) is 10.6. The Hall–Kier alpha value is -1.53. The van der Waals surface area contributed by atoms with Crippen molar-refractivity contribution in [2.75, 3.05) is 45.8 Å². The van der Waals surface area contributed by atoms with Crippen LogP contribution in [0.15, 0.2) is 24.3 Å². The van der Waals surface area contributed by atoms with Crippen LogP contribution in [0.3, 0.4) is 0 Å². The number of piperidine rings is 2. The fourth-order valence-electron chi connectivity index (χ4n) is 5.33. The summed E-state index contributed by atoms with van der Waals surface area (Å²) in [5.41, 5.74) is 3.01. The second-order valence-corrected chi connectivity index (χ2v) is 8.53. The van der Waals surface area contributed by atoms with Crippen molar-refractivity contribution >= 4 is 5.91 Å². The summed E-state index contributed by atoms with van der Waals surface area (Å²) >= 11 is 0. The predicted octanol–water partition coefficient (Wildman–Crippen LogP) is 3.11. The fraction of sp³-hybridized carbons (Fsp3) is 0.682. The average molecular weight is 392 g/mol. The molecule has 1 amide bonds. The number of hydrogen-bond donors (Lipinski definition) is 0. The van der Waals surface area contributed by atoms with Gasteiger partial charge in [0.15, 0.2) is 0 Å². The molecule has 0 N–H and O–H groups in total. The molecular formula is C22H31F2N3O. The molecule has 1 aromatic carbocycles. The molecule has 154 valence electrons. The number of hydrogen-bond acceptors (Lipinski definition) is 3. The number of fused-ring (bicyclic) bond motifs is 2. The molecule has 3 heterocycles. The lowest BCUT2D eigenvalue weighted by Gasteiger charge is -2.52. The molecule has 1 aromatic rings. The van der Waals surface area contributed by atoms with Gasteiger partial charge in [-0.1, -0.05) is 31.2 Å². The number of rotatable bonds is 3. The van der Waals surface area contributed by atoms with E-state index in [1.807, 2.05) is 0 Å². The molecule has 0 radical (unpaired) electrons. The van der Waals surface area contributed by atoms with Crippen LogP contribution in [-0.4, -0.2) is 72.3 Å². The van der Waals surface area contributed by atoms with Crippen LogP contribution < -0.4 is 0 Å². The largest absolute Gasteiger partial charge is 0.341 e. The van der Waals surface area contributed by atoms with Crippen molar-refractivity contribution in [3.63, 3.8) is 0 Å². The molecule has 28 heavy (non-hydrogen) atoms. The number of carbonyl (C=O) groups excluding carboxylic acids is 1. The zero-order valence-electron chi connectivity index (χ0n) is 16.8. The van der Waals surface area contributed by atoms with E-state index in [9.17, 15) is 13.6 Å². The highest BCUT2D eigenvalue weighted by molar-refractivity contribution is 5.78. The van der Waals surface area contributed by atoms with Gasteiger partial charge in [0.25, 0.3) is 5.92 Å². The van der Waals surface area contributed by atoms with Crippen LogP contribution in [0.4, 0.5) is 8.78 Å². The van der Waals surface area contributed by atoms with Gasteiger partial charge in [0.05, 0.1) is 6.54 Å². The third-order valence-electron chi connectivity index (χ3n) is 7.05. The van der Waals surface area contributed by atoms with Crippen LogP contribution >= 0.6 is 0 Å². The molecule has 4 rings (SSSR count). The zero-order valence-corrected chi connectivity index (χ0v) is 16.8. The van der Waals surface area contributed by atoms with Crippen LogP contribution in [0.5, 0.6) is 0 Å². The van der Waals surface area contributed by atoms with Crippen LogP contribution in [0.25, 0.3) is 0 Å². The summed E-state index contributed by atoms with van der Waals surface area (Å²) in [5.74, 6) is -2.60. The van der Waals surface area contributed by atoms with Gasteiger partial charge < -0.3 is 4.90 Å². The lowest BCUT2D eigenvalue weighted by molar-refractivity contribution is -0.139. The summed E-state index contributed by atoms with van der Waals surface area (Å²) in [6.45, 7) is 6.83. The van der Waals surface area contributed by atoms with E-state index in [-0.39, 0.29) is 37.4 Å². The van der Waals surface area contributed by atoms with Gasteiger partial charge in [-0.05, 0) is 36.9 Å². The first-order chi connectivity index (χ1) is 13.4. The second kappa shape index (κ2) is 7.71. The van der Waals surface area contributed by atoms with E-state index >= 15 is 0 Å².